The van der Waals surface area contributed by atoms with E-state index in [1.807, 2.05) is 0 Å². The van der Waals surface area contributed by atoms with Crippen molar-refractivity contribution in [3.05, 3.63) is 17.0 Å². The number of nitrogens with one attached hydrogen (secondary N) is 1. The van der Waals surface area contributed by atoms with E-state index in [1.165, 1.54) is 6.92 Å². The first-order chi connectivity index (χ1) is 9.01. The zero-order valence-electron chi connectivity index (χ0n) is 11.1. The Morgan fingerprint density at radius 1 is 1.11 bits per heavy atom. The maximum absolute atomic E-state index is 11.7. The molecule has 1 heterocycles. The van der Waals surface area contributed by atoms with Gasteiger partial charge in [0.2, 0.25) is 0 Å². The summed E-state index contributed by atoms with van der Waals surface area (Å²) in [5.74, 6) is -1.52. The highest BCUT2D eigenvalue weighted by Crippen LogP contribution is 2.15. The predicted molar refractivity (Wildman–Crippen MR) is 64.9 cm³/mol. The van der Waals surface area contributed by atoms with Gasteiger partial charge in [-0.25, -0.2) is 9.59 Å². The molecule has 0 amide bonds. The fourth-order valence-electron chi connectivity index (χ4n) is 1.53. The fourth-order valence-corrected chi connectivity index (χ4v) is 1.53. The largest absolute Gasteiger partial charge is 0.461 e. The Bertz CT molecular complexity index is 457. The van der Waals surface area contributed by atoms with Gasteiger partial charge in [-0.2, -0.15) is 5.10 Å². The molecule has 0 radical (unpaired) electrons. The summed E-state index contributed by atoms with van der Waals surface area (Å²) in [5.41, 5.74) is 0.171. The van der Waals surface area contributed by atoms with E-state index in [0.717, 1.165) is 0 Å². The molecule has 0 unspecified atom stereocenters. The van der Waals surface area contributed by atoms with Gasteiger partial charge < -0.3 is 9.47 Å². The van der Waals surface area contributed by atoms with Crippen molar-refractivity contribution in [1.29, 1.82) is 0 Å². The molecule has 0 saturated carbocycles. The van der Waals surface area contributed by atoms with Crippen LogP contribution >= 0.6 is 0 Å². The smallest absolute Gasteiger partial charge is 0.359 e. The number of hydrogen-bond acceptors (Lipinski definition) is 6. The molecule has 0 aromatic carbocycles. The number of esters is 2. The highest BCUT2D eigenvalue weighted by molar-refractivity contribution is 5.98. The lowest BCUT2D eigenvalue weighted by Crippen LogP contribution is -2.13. The van der Waals surface area contributed by atoms with E-state index < -0.39 is 11.9 Å². The van der Waals surface area contributed by atoms with Gasteiger partial charge in [-0.1, -0.05) is 0 Å². The molecule has 0 spiro atoms. The lowest BCUT2D eigenvalue weighted by atomic mass is 10.1. The Labute approximate surface area is 110 Å². The van der Waals surface area contributed by atoms with Crippen LogP contribution in [0.1, 0.15) is 47.3 Å². The fraction of sp³-hybridized carbons (Fsp3) is 0.500. The molecule has 0 bridgehead atoms. The summed E-state index contributed by atoms with van der Waals surface area (Å²) >= 11 is 0. The molecular weight excluding hydrogens is 252 g/mol. The van der Waals surface area contributed by atoms with Gasteiger partial charge >= 0.3 is 11.9 Å². The lowest BCUT2D eigenvalue weighted by Gasteiger charge is -2.03. The van der Waals surface area contributed by atoms with Gasteiger partial charge in [0.25, 0.3) is 0 Å². The number of Topliss-reactive ketones (excluding diaryl/α,β-unsaturated/α-hetero) is 1. The van der Waals surface area contributed by atoms with E-state index in [4.69, 9.17) is 9.47 Å². The molecule has 0 atom stereocenters. The van der Waals surface area contributed by atoms with Crippen molar-refractivity contribution in [2.24, 2.45) is 0 Å². The van der Waals surface area contributed by atoms with E-state index in [0.29, 0.717) is 0 Å². The summed E-state index contributed by atoms with van der Waals surface area (Å²) in [6.45, 7) is 5.04. The van der Waals surface area contributed by atoms with Gasteiger partial charge in [0.05, 0.1) is 13.2 Å². The second kappa shape index (κ2) is 6.67. The number of carbonyl (C=O) groups is 3. The van der Waals surface area contributed by atoms with Gasteiger partial charge in [0, 0.05) is 12.0 Å². The molecule has 7 heteroatoms. The predicted octanol–water partition coefficient (Wildman–Crippen LogP) is 0.895. The second-order valence-corrected chi connectivity index (χ2v) is 3.75. The Morgan fingerprint density at radius 2 is 1.68 bits per heavy atom. The summed E-state index contributed by atoms with van der Waals surface area (Å²) in [6.07, 6.45) is -0.0845. The Kier molecular flexibility index (Phi) is 5.23. The average molecular weight is 268 g/mol. The maximum Gasteiger partial charge on any atom is 0.359 e. The number of H-pyrrole nitrogens is 1. The highest BCUT2D eigenvalue weighted by atomic mass is 16.5. The molecular formula is C12H16N2O5. The first-order valence-corrected chi connectivity index (χ1v) is 5.92. The maximum atomic E-state index is 11.7. The van der Waals surface area contributed by atoms with Crippen LogP contribution in [-0.2, 0) is 20.7 Å². The van der Waals surface area contributed by atoms with Crippen LogP contribution in [0.15, 0.2) is 0 Å². The zero-order chi connectivity index (χ0) is 14.4. The molecule has 0 aliphatic rings. The third-order valence-electron chi connectivity index (χ3n) is 2.24. The standard InChI is InChI=1S/C12H16N2O5/c1-4-18-11(16)9-8(6-7(3)15)10(14-13-9)12(17)19-5-2/h4-6H2,1-3H3,(H,13,14). The van der Waals surface area contributed by atoms with Crippen molar-refractivity contribution >= 4 is 17.7 Å². The van der Waals surface area contributed by atoms with Crippen LogP contribution in [0, 0.1) is 0 Å². The molecule has 19 heavy (non-hydrogen) atoms. The quantitative estimate of drug-likeness (QED) is 0.769. The van der Waals surface area contributed by atoms with Gasteiger partial charge in [0.1, 0.15) is 11.5 Å². The summed E-state index contributed by atoms with van der Waals surface area (Å²) in [6, 6.07) is 0. The average Bonchev–Trinajstić information content (AvgIpc) is 2.72. The van der Waals surface area contributed by atoms with Crippen molar-refractivity contribution in [1.82, 2.24) is 10.2 Å². The topological polar surface area (TPSA) is 98.3 Å². The van der Waals surface area contributed by atoms with E-state index in [9.17, 15) is 14.4 Å². The van der Waals surface area contributed by atoms with Gasteiger partial charge in [0.15, 0.2) is 5.69 Å². The molecule has 0 aliphatic heterocycles. The number of rotatable bonds is 6. The van der Waals surface area contributed by atoms with E-state index in [-0.39, 0.29) is 42.4 Å². The van der Waals surface area contributed by atoms with Crippen LogP contribution in [0.2, 0.25) is 0 Å². The number of nitrogens with zero attached hydrogens (tertiary/aromatic N) is 1. The lowest BCUT2D eigenvalue weighted by molar-refractivity contribution is -0.116. The van der Waals surface area contributed by atoms with E-state index in [2.05, 4.69) is 10.2 Å². The first-order valence-electron chi connectivity index (χ1n) is 5.92. The monoisotopic (exact) mass is 268 g/mol. The second-order valence-electron chi connectivity index (χ2n) is 3.75. The van der Waals surface area contributed by atoms with Crippen molar-refractivity contribution in [3.8, 4) is 0 Å². The molecule has 0 saturated heterocycles. The first kappa shape index (κ1) is 14.9. The molecule has 1 aromatic rings. The molecule has 0 aliphatic carbocycles. The molecule has 1 rings (SSSR count). The highest BCUT2D eigenvalue weighted by Gasteiger charge is 2.25. The van der Waals surface area contributed by atoms with Gasteiger partial charge in [-0.15, -0.1) is 0 Å². The van der Waals surface area contributed by atoms with Crippen LogP contribution in [0.4, 0.5) is 0 Å². The summed E-state index contributed by atoms with van der Waals surface area (Å²) in [4.78, 5) is 34.6. The van der Waals surface area contributed by atoms with Crippen LogP contribution in [0.25, 0.3) is 0 Å². The third kappa shape index (κ3) is 3.64. The summed E-state index contributed by atoms with van der Waals surface area (Å²) < 4.78 is 9.65. The van der Waals surface area contributed by atoms with Crippen molar-refractivity contribution in [3.63, 3.8) is 0 Å². The number of aromatic nitrogens is 2. The van der Waals surface area contributed by atoms with Gasteiger partial charge in [-0.05, 0) is 20.8 Å². The minimum atomic E-state index is -0.675. The number of ketones is 1. The van der Waals surface area contributed by atoms with Crippen LogP contribution in [0.5, 0.6) is 0 Å². The SMILES string of the molecule is CCOC(=O)c1n[nH]c(C(=O)OCC)c1CC(C)=O. The molecule has 0 fully saturated rings. The summed E-state index contributed by atoms with van der Waals surface area (Å²) in [5, 5.41) is 6.16. The van der Waals surface area contributed by atoms with Crippen LogP contribution < -0.4 is 0 Å². The number of aromatic amines is 1. The van der Waals surface area contributed by atoms with E-state index >= 15 is 0 Å². The molecule has 1 aromatic heterocycles. The molecule has 104 valence electrons. The molecule has 1 N–H and O–H groups in total. The minimum absolute atomic E-state index is 0.0140. The molecule has 7 nitrogen and oxygen atoms in total. The normalized spacial score (nSPS) is 10.1. The number of carbonyl (C=O) groups excluding carboxylic acids is 3. The van der Waals surface area contributed by atoms with Crippen LogP contribution in [-0.4, -0.2) is 41.1 Å². The third-order valence-corrected chi connectivity index (χ3v) is 2.24. The minimum Gasteiger partial charge on any atom is -0.461 e. The zero-order valence-corrected chi connectivity index (χ0v) is 11.1. The van der Waals surface area contributed by atoms with Crippen molar-refractivity contribution < 1.29 is 23.9 Å². The van der Waals surface area contributed by atoms with E-state index in [1.54, 1.807) is 13.8 Å². The number of hydrogen-bond donors (Lipinski definition) is 1. The summed E-state index contributed by atoms with van der Waals surface area (Å²) in [7, 11) is 0. The van der Waals surface area contributed by atoms with Crippen molar-refractivity contribution in [2.45, 2.75) is 27.2 Å². The Hall–Kier alpha value is -2.18. The number of ether oxygens (including phenoxy) is 2. The Balaban J connectivity index is 3.15. The van der Waals surface area contributed by atoms with Crippen LogP contribution in [0.3, 0.4) is 0 Å². The van der Waals surface area contributed by atoms with Gasteiger partial charge in [-0.3, -0.25) is 9.89 Å². The Morgan fingerprint density at radius 3 is 2.21 bits per heavy atom. The van der Waals surface area contributed by atoms with Crippen molar-refractivity contribution in [2.75, 3.05) is 13.2 Å².